The molecule has 0 heterocycles. The normalized spacial score (nSPS) is 11.3. The summed E-state index contributed by atoms with van der Waals surface area (Å²) in [6.45, 7) is 5.92. The number of ether oxygens (including phenoxy) is 1. The van der Waals surface area contributed by atoms with Crippen LogP contribution in [0.25, 0.3) is 17.2 Å². The second-order valence-corrected chi connectivity index (χ2v) is 9.42. The molecule has 3 aromatic rings. The highest BCUT2D eigenvalue weighted by Crippen LogP contribution is 2.22. The Kier molecular flexibility index (Phi) is 8.13. The van der Waals surface area contributed by atoms with Crippen LogP contribution >= 0.6 is 11.6 Å². The van der Waals surface area contributed by atoms with Gasteiger partial charge in [-0.3, -0.25) is 4.79 Å². The van der Waals surface area contributed by atoms with Crippen LogP contribution in [-0.4, -0.2) is 29.5 Å². The van der Waals surface area contributed by atoms with E-state index in [9.17, 15) is 9.59 Å². The molecule has 0 aliphatic carbocycles. The molecule has 0 saturated carbocycles. The van der Waals surface area contributed by atoms with Crippen LogP contribution in [0.4, 0.5) is 10.5 Å². The predicted octanol–water partition coefficient (Wildman–Crippen LogP) is 7.03. The van der Waals surface area contributed by atoms with Crippen molar-refractivity contribution < 1.29 is 14.3 Å². The zero-order valence-corrected chi connectivity index (χ0v) is 20.6. The molecule has 1 N–H and O–H groups in total. The molecule has 34 heavy (non-hydrogen) atoms. The van der Waals surface area contributed by atoms with Gasteiger partial charge in [-0.15, -0.1) is 0 Å². The maximum Gasteiger partial charge on any atom is 0.410 e. The van der Waals surface area contributed by atoms with Gasteiger partial charge >= 0.3 is 6.09 Å². The molecule has 0 fully saturated rings. The van der Waals surface area contributed by atoms with Gasteiger partial charge in [-0.25, -0.2) is 4.79 Å². The Morgan fingerprint density at radius 2 is 1.47 bits per heavy atom. The second kappa shape index (κ2) is 11.0. The SMILES string of the molecule is CN(Cc1ccc(NC(=O)/C=C/c2ccc(-c3ccc(Cl)cc3)cc2)cc1)C(=O)OC(C)(C)C. The smallest absolute Gasteiger partial charge is 0.410 e. The van der Waals surface area contributed by atoms with E-state index in [1.165, 1.54) is 11.0 Å². The van der Waals surface area contributed by atoms with Crippen LogP contribution in [0, 0.1) is 0 Å². The number of nitrogens with zero attached hydrogens (tertiary/aromatic N) is 1. The van der Waals surface area contributed by atoms with Crippen LogP contribution in [0.5, 0.6) is 0 Å². The van der Waals surface area contributed by atoms with Crippen molar-refractivity contribution >= 4 is 35.4 Å². The van der Waals surface area contributed by atoms with Gasteiger partial charge in [0.1, 0.15) is 5.60 Å². The minimum atomic E-state index is -0.536. The van der Waals surface area contributed by atoms with Gasteiger partial charge in [0.25, 0.3) is 0 Å². The fraction of sp³-hybridized carbons (Fsp3) is 0.214. The lowest BCUT2D eigenvalue weighted by Gasteiger charge is -2.24. The van der Waals surface area contributed by atoms with Crippen molar-refractivity contribution in [2.75, 3.05) is 12.4 Å². The fourth-order valence-electron chi connectivity index (χ4n) is 3.16. The highest BCUT2D eigenvalue weighted by atomic mass is 35.5. The Morgan fingerprint density at radius 3 is 2.03 bits per heavy atom. The molecule has 0 aromatic heterocycles. The number of amides is 2. The van der Waals surface area contributed by atoms with Gasteiger partial charge in [-0.05, 0) is 73.4 Å². The van der Waals surface area contributed by atoms with Crippen LogP contribution in [0.1, 0.15) is 31.9 Å². The Hall–Kier alpha value is -3.57. The molecule has 3 rings (SSSR count). The quantitative estimate of drug-likeness (QED) is 0.388. The van der Waals surface area contributed by atoms with Crippen LogP contribution in [-0.2, 0) is 16.1 Å². The number of carbonyl (C=O) groups excluding carboxylic acids is 2. The van der Waals surface area contributed by atoms with Crippen molar-refractivity contribution in [2.24, 2.45) is 0 Å². The first-order valence-corrected chi connectivity index (χ1v) is 11.3. The zero-order valence-electron chi connectivity index (χ0n) is 19.8. The summed E-state index contributed by atoms with van der Waals surface area (Å²) in [5, 5.41) is 3.55. The number of hydrogen-bond donors (Lipinski definition) is 1. The molecule has 0 aliphatic rings. The molecule has 0 bridgehead atoms. The monoisotopic (exact) mass is 476 g/mol. The first-order valence-electron chi connectivity index (χ1n) is 11.0. The Balaban J connectivity index is 1.52. The molecule has 0 unspecified atom stereocenters. The van der Waals surface area contributed by atoms with Gasteiger partial charge < -0.3 is 15.0 Å². The molecule has 0 atom stereocenters. The van der Waals surface area contributed by atoms with Crippen LogP contribution in [0.15, 0.2) is 78.9 Å². The molecule has 0 radical (unpaired) electrons. The Labute approximate surface area is 206 Å². The summed E-state index contributed by atoms with van der Waals surface area (Å²) in [7, 11) is 1.69. The zero-order chi connectivity index (χ0) is 24.7. The summed E-state index contributed by atoms with van der Waals surface area (Å²) in [6.07, 6.45) is 2.89. The van der Waals surface area contributed by atoms with Gasteiger partial charge in [-0.2, -0.15) is 0 Å². The molecule has 0 saturated heterocycles. The third kappa shape index (κ3) is 7.78. The van der Waals surface area contributed by atoms with Gasteiger partial charge in [0, 0.05) is 30.4 Å². The van der Waals surface area contributed by atoms with Crippen molar-refractivity contribution in [2.45, 2.75) is 32.9 Å². The molecule has 5 nitrogen and oxygen atoms in total. The minimum absolute atomic E-state index is 0.222. The molecule has 2 amide bonds. The van der Waals surface area contributed by atoms with Crippen molar-refractivity contribution in [1.82, 2.24) is 4.90 Å². The first-order chi connectivity index (χ1) is 16.1. The van der Waals surface area contributed by atoms with Crippen LogP contribution in [0.2, 0.25) is 5.02 Å². The number of anilines is 1. The van der Waals surface area contributed by atoms with Gasteiger partial charge in [-0.1, -0.05) is 60.1 Å². The topological polar surface area (TPSA) is 58.6 Å². The lowest BCUT2D eigenvalue weighted by molar-refractivity contribution is -0.111. The van der Waals surface area contributed by atoms with E-state index in [0.29, 0.717) is 17.3 Å². The van der Waals surface area contributed by atoms with E-state index in [2.05, 4.69) is 5.32 Å². The van der Waals surface area contributed by atoms with Crippen molar-refractivity contribution in [3.8, 4) is 11.1 Å². The first kappa shape index (κ1) is 25.1. The number of halogens is 1. The summed E-state index contributed by atoms with van der Waals surface area (Å²) in [5.74, 6) is -0.222. The molecule has 176 valence electrons. The Bertz CT molecular complexity index is 1150. The highest BCUT2D eigenvalue weighted by molar-refractivity contribution is 6.30. The van der Waals surface area contributed by atoms with Crippen LogP contribution < -0.4 is 5.32 Å². The van der Waals surface area contributed by atoms with E-state index in [1.807, 2.05) is 93.6 Å². The Morgan fingerprint density at radius 1 is 0.912 bits per heavy atom. The van der Waals surface area contributed by atoms with Crippen molar-refractivity contribution in [1.29, 1.82) is 0 Å². The summed E-state index contributed by atoms with van der Waals surface area (Å²) in [5.41, 5.74) is 4.16. The predicted molar refractivity (Wildman–Crippen MR) is 139 cm³/mol. The van der Waals surface area contributed by atoms with E-state index >= 15 is 0 Å². The molecular weight excluding hydrogens is 448 g/mol. The van der Waals surface area contributed by atoms with E-state index in [-0.39, 0.29) is 12.0 Å². The third-order valence-electron chi connectivity index (χ3n) is 4.86. The summed E-state index contributed by atoms with van der Waals surface area (Å²) >= 11 is 5.95. The van der Waals surface area contributed by atoms with Crippen LogP contribution in [0.3, 0.4) is 0 Å². The fourth-order valence-corrected chi connectivity index (χ4v) is 3.28. The summed E-state index contributed by atoms with van der Waals surface area (Å²) < 4.78 is 5.36. The number of benzene rings is 3. The number of hydrogen-bond acceptors (Lipinski definition) is 3. The average Bonchev–Trinajstić information content (AvgIpc) is 2.79. The molecular formula is C28H29ClN2O3. The number of carbonyl (C=O) groups is 2. The highest BCUT2D eigenvalue weighted by Gasteiger charge is 2.19. The van der Waals surface area contributed by atoms with Crippen molar-refractivity contribution in [3.63, 3.8) is 0 Å². The van der Waals surface area contributed by atoms with E-state index in [0.717, 1.165) is 22.3 Å². The molecule has 0 spiro atoms. The maximum absolute atomic E-state index is 12.3. The van der Waals surface area contributed by atoms with E-state index < -0.39 is 5.60 Å². The second-order valence-electron chi connectivity index (χ2n) is 8.98. The average molecular weight is 477 g/mol. The lowest BCUT2D eigenvalue weighted by atomic mass is 10.0. The van der Waals surface area contributed by atoms with Crippen molar-refractivity contribution in [3.05, 3.63) is 95.0 Å². The molecule has 0 aliphatic heterocycles. The van der Waals surface area contributed by atoms with Gasteiger partial charge in [0.05, 0.1) is 0 Å². The van der Waals surface area contributed by atoms with Gasteiger partial charge in [0.15, 0.2) is 0 Å². The van der Waals surface area contributed by atoms with E-state index in [4.69, 9.17) is 16.3 Å². The van der Waals surface area contributed by atoms with E-state index in [1.54, 1.807) is 13.1 Å². The summed E-state index contributed by atoms with van der Waals surface area (Å²) in [6, 6.07) is 23.0. The lowest BCUT2D eigenvalue weighted by Crippen LogP contribution is -2.33. The summed E-state index contributed by atoms with van der Waals surface area (Å²) in [4.78, 5) is 25.9. The maximum atomic E-state index is 12.3. The minimum Gasteiger partial charge on any atom is -0.444 e. The number of nitrogens with one attached hydrogen (secondary N) is 1. The molecule has 3 aromatic carbocycles. The molecule has 6 heteroatoms. The third-order valence-corrected chi connectivity index (χ3v) is 5.11. The van der Waals surface area contributed by atoms with Gasteiger partial charge in [0.2, 0.25) is 5.91 Å². The standard InChI is InChI=1S/C28H29ClN2O3/c1-28(2,3)34-27(33)31(4)19-21-7-16-25(17-8-21)30-26(32)18-9-20-5-10-22(11-6-20)23-12-14-24(29)15-13-23/h5-18H,19H2,1-4H3,(H,30,32)/b18-9+. The number of rotatable bonds is 6. The largest absolute Gasteiger partial charge is 0.444 e.